The van der Waals surface area contributed by atoms with Crippen LogP contribution in [0.1, 0.15) is 39.8 Å². The monoisotopic (exact) mass is 406 g/mol. The van der Waals surface area contributed by atoms with Crippen molar-refractivity contribution in [3.63, 3.8) is 0 Å². The van der Waals surface area contributed by atoms with Crippen molar-refractivity contribution in [2.75, 3.05) is 17.2 Å². The highest BCUT2D eigenvalue weighted by molar-refractivity contribution is 6.83. The Morgan fingerprint density at radius 2 is 1.21 bits per heavy atom. The first kappa shape index (κ1) is 23.1. The Morgan fingerprint density at radius 1 is 0.759 bits per heavy atom. The average molecular weight is 407 g/mol. The molecular weight excluding hydrogens is 368 g/mol. The molecule has 0 aliphatic rings. The van der Waals surface area contributed by atoms with Gasteiger partial charge in [-0.05, 0) is 63.8 Å². The van der Waals surface area contributed by atoms with Gasteiger partial charge in [0.2, 0.25) is 0 Å². The van der Waals surface area contributed by atoms with E-state index in [2.05, 4.69) is 108 Å². The van der Waals surface area contributed by atoms with E-state index in [9.17, 15) is 0 Å². The Bertz CT molecular complexity index is 880. The second-order valence-electron chi connectivity index (χ2n) is 9.53. The molecule has 0 spiro atoms. The number of aryl methyl sites for hydroxylation is 6. The fraction of sp³-hybridized carbons (Fsp3) is 0.462. The summed E-state index contributed by atoms with van der Waals surface area (Å²) in [5, 5.41) is 7.51. The standard InChI is InChI=1S/C26H38N2Si/c1-18-13-20(3)25(21(4)14-18)27-17-24(11-10-12-29(7,8)9)28-26-22(5)15-19(2)16-23(26)6/h13-16,24,27-28H,11,17H2,1-9H3. The molecule has 2 aromatic rings. The molecule has 0 saturated heterocycles. The number of rotatable bonds is 6. The number of hydrogen-bond donors (Lipinski definition) is 2. The van der Waals surface area contributed by atoms with Crippen molar-refractivity contribution >= 4 is 19.4 Å². The van der Waals surface area contributed by atoms with Gasteiger partial charge in [-0.2, -0.15) is 0 Å². The summed E-state index contributed by atoms with van der Waals surface area (Å²) in [5.74, 6) is 3.48. The van der Waals surface area contributed by atoms with Gasteiger partial charge >= 0.3 is 0 Å². The Labute approximate surface area is 179 Å². The third-order valence-electron chi connectivity index (χ3n) is 5.04. The fourth-order valence-electron chi connectivity index (χ4n) is 3.91. The van der Waals surface area contributed by atoms with Crippen LogP contribution in [0.3, 0.4) is 0 Å². The zero-order chi connectivity index (χ0) is 21.8. The summed E-state index contributed by atoms with van der Waals surface area (Å²) >= 11 is 0. The maximum absolute atomic E-state index is 3.80. The first-order valence-corrected chi connectivity index (χ1v) is 14.1. The molecule has 0 radical (unpaired) electrons. The van der Waals surface area contributed by atoms with Crippen LogP contribution in [-0.2, 0) is 0 Å². The van der Waals surface area contributed by atoms with Crippen molar-refractivity contribution in [2.24, 2.45) is 0 Å². The lowest BCUT2D eigenvalue weighted by Crippen LogP contribution is -2.29. The second kappa shape index (κ2) is 9.54. The lowest BCUT2D eigenvalue weighted by molar-refractivity contribution is 0.774. The topological polar surface area (TPSA) is 24.1 Å². The minimum absolute atomic E-state index is 0.249. The SMILES string of the molecule is Cc1cc(C)c(NCC(CC#C[Si](C)(C)C)Nc2c(C)cc(C)cc2C)c(C)c1. The van der Waals surface area contributed by atoms with Crippen LogP contribution in [0.25, 0.3) is 0 Å². The van der Waals surface area contributed by atoms with E-state index in [1.807, 2.05) is 0 Å². The molecule has 2 N–H and O–H groups in total. The van der Waals surface area contributed by atoms with Crippen LogP contribution in [0.4, 0.5) is 11.4 Å². The molecule has 29 heavy (non-hydrogen) atoms. The summed E-state index contributed by atoms with van der Waals surface area (Å²) in [4.78, 5) is 0. The Morgan fingerprint density at radius 3 is 1.66 bits per heavy atom. The molecular formula is C26H38N2Si. The molecule has 1 unspecified atom stereocenters. The molecule has 0 bridgehead atoms. The van der Waals surface area contributed by atoms with Crippen LogP contribution in [0.2, 0.25) is 19.6 Å². The zero-order valence-corrected chi connectivity index (χ0v) is 20.8. The summed E-state index contributed by atoms with van der Waals surface area (Å²) in [6.07, 6.45) is 0.841. The largest absolute Gasteiger partial charge is 0.383 e. The lowest BCUT2D eigenvalue weighted by atomic mass is 10.0. The molecule has 0 saturated carbocycles. The Kier molecular flexibility index (Phi) is 7.60. The normalized spacial score (nSPS) is 12.2. The van der Waals surface area contributed by atoms with Gasteiger partial charge in [0.1, 0.15) is 8.07 Å². The second-order valence-corrected chi connectivity index (χ2v) is 14.3. The van der Waals surface area contributed by atoms with Crippen molar-refractivity contribution in [3.05, 3.63) is 57.6 Å². The molecule has 0 aromatic heterocycles. The molecule has 0 fully saturated rings. The van der Waals surface area contributed by atoms with E-state index in [0.717, 1.165) is 13.0 Å². The maximum Gasteiger partial charge on any atom is 0.129 e. The third kappa shape index (κ3) is 6.98. The van der Waals surface area contributed by atoms with Crippen LogP contribution in [0.15, 0.2) is 24.3 Å². The van der Waals surface area contributed by atoms with E-state index < -0.39 is 8.07 Å². The first-order valence-electron chi connectivity index (χ1n) is 10.6. The van der Waals surface area contributed by atoms with Gasteiger partial charge in [-0.1, -0.05) is 55.0 Å². The minimum atomic E-state index is -1.37. The van der Waals surface area contributed by atoms with E-state index in [1.54, 1.807) is 0 Å². The summed E-state index contributed by atoms with van der Waals surface area (Å²) in [5.41, 5.74) is 13.8. The average Bonchev–Trinajstić information content (AvgIpc) is 2.55. The van der Waals surface area contributed by atoms with Gasteiger partial charge in [-0.25, -0.2) is 0 Å². The van der Waals surface area contributed by atoms with Crippen molar-refractivity contribution in [2.45, 2.75) is 73.6 Å². The van der Waals surface area contributed by atoms with Crippen molar-refractivity contribution in [3.8, 4) is 11.5 Å². The Balaban J connectivity index is 2.25. The quantitative estimate of drug-likeness (QED) is 0.412. The summed E-state index contributed by atoms with van der Waals surface area (Å²) < 4.78 is 0. The van der Waals surface area contributed by atoms with Crippen LogP contribution < -0.4 is 10.6 Å². The molecule has 0 aliphatic carbocycles. The van der Waals surface area contributed by atoms with Gasteiger partial charge in [-0.3, -0.25) is 0 Å². The van der Waals surface area contributed by atoms with Crippen molar-refractivity contribution < 1.29 is 0 Å². The van der Waals surface area contributed by atoms with Crippen LogP contribution in [-0.4, -0.2) is 20.7 Å². The molecule has 1 atom stereocenters. The molecule has 3 heteroatoms. The zero-order valence-electron chi connectivity index (χ0n) is 19.8. The van der Waals surface area contributed by atoms with E-state index >= 15 is 0 Å². The molecule has 2 nitrogen and oxygen atoms in total. The van der Waals surface area contributed by atoms with Gasteiger partial charge in [-0.15, -0.1) is 11.5 Å². The van der Waals surface area contributed by atoms with Gasteiger partial charge in [0.15, 0.2) is 0 Å². The highest BCUT2D eigenvalue weighted by Gasteiger charge is 2.14. The van der Waals surface area contributed by atoms with Gasteiger partial charge in [0.25, 0.3) is 0 Å². The van der Waals surface area contributed by atoms with Gasteiger partial charge in [0, 0.05) is 24.3 Å². The van der Waals surface area contributed by atoms with Crippen LogP contribution >= 0.6 is 0 Å². The molecule has 2 aromatic carbocycles. The number of hydrogen-bond acceptors (Lipinski definition) is 2. The van der Waals surface area contributed by atoms with E-state index in [-0.39, 0.29) is 6.04 Å². The van der Waals surface area contributed by atoms with Crippen LogP contribution in [0, 0.1) is 53.0 Å². The van der Waals surface area contributed by atoms with Crippen molar-refractivity contribution in [1.29, 1.82) is 0 Å². The smallest absolute Gasteiger partial charge is 0.129 e. The maximum atomic E-state index is 3.80. The summed E-state index contributed by atoms with van der Waals surface area (Å²) in [6.45, 7) is 20.8. The fourth-order valence-corrected chi connectivity index (χ4v) is 4.54. The summed E-state index contributed by atoms with van der Waals surface area (Å²) in [7, 11) is -1.37. The molecule has 0 heterocycles. The first-order chi connectivity index (χ1) is 13.5. The molecule has 2 rings (SSSR count). The van der Waals surface area contributed by atoms with E-state index in [0.29, 0.717) is 0 Å². The lowest BCUT2D eigenvalue weighted by Gasteiger charge is -2.24. The third-order valence-corrected chi connectivity index (χ3v) is 5.97. The predicted octanol–water partition coefficient (Wildman–Crippen LogP) is 6.70. The highest BCUT2D eigenvalue weighted by atomic mass is 28.3. The molecule has 0 aliphatic heterocycles. The highest BCUT2D eigenvalue weighted by Crippen LogP contribution is 2.25. The van der Waals surface area contributed by atoms with Crippen LogP contribution in [0.5, 0.6) is 0 Å². The van der Waals surface area contributed by atoms with E-state index in [1.165, 1.54) is 44.8 Å². The van der Waals surface area contributed by atoms with E-state index in [4.69, 9.17) is 0 Å². The molecule has 156 valence electrons. The molecule has 0 amide bonds. The predicted molar refractivity (Wildman–Crippen MR) is 133 cm³/mol. The minimum Gasteiger partial charge on any atom is -0.383 e. The Hall–Kier alpha value is -2.18. The van der Waals surface area contributed by atoms with Gasteiger partial charge in [0.05, 0.1) is 6.04 Å². The number of anilines is 2. The van der Waals surface area contributed by atoms with Gasteiger partial charge < -0.3 is 10.6 Å². The number of benzene rings is 2. The number of nitrogens with one attached hydrogen (secondary N) is 2. The van der Waals surface area contributed by atoms with Crippen molar-refractivity contribution in [1.82, 2.24) is 0 Å². The summed E-state index contributed by atoms with van der Waals surface area (Å²) in [6, 6.07) is 9.25.